The first-order valence-corrected chi connectivity index (χ1v) is 10.8. The number of aryl methyl sites for hydroxylation is 1. The van der Waals surface area contributed by atoms with Crippen LogP contribution >= 0.6 is 11.3 Å². The Balaban J connectivity index is 1.40. The second-order valence-electron chi connectivity index (χ2n) is 7.18. The van der Waals surface area contributed by atoms with E-state index in [4.69, 9.17) is 0 Å². The zero-order chi connectivity index (χ0) is 21.4. The second-order valence-corrected chi connectivity index (χ2v) is 8.13. The van der Waals surface area contributed by atoms with Gasteiger partial charge in [-0.25, -0.2) is 14.2 Å². The van der Waals surface area contributed by atoms with Crippen molar-refractivity contribution in [3.63, 3.8) is 0 Å². The number of aromatic nitrogens is 5. The second kappa shape index (κ2) is 7.81. The molecule has 4 aromatic heterocycles. The maximum absolute atomic E-state index is 13.0. The molecular weight excluding hydrogens is 408 g/mol. The largest absolute Gasteiger partial charge is 0.348 e. The first-order valence-electron chi connectivity index (χ1n) is 9.89. The fraction of sp³-hybridized carbons (Fsp3) is 0.130. The molecule has 0 bridgehead atoms. The molecule has 0 radical (unpaired) electrons. The number of amides is 1. The molecule has 5 rings (SSSR count). The van der Waals surface area contributed by atoms with Crippen molar-refractivity contribution < 1.29 is 4.79 Å². The summed E-state index contributed by atoms with van der Waals surface area (Å²) in [7, 11) is 0. The minimum absolute atomic E-state index is 0.211. The third-order valence-electron chi connectivity index (χ3n) is 5.29. The summed E-state index contributed by atoms with van der Waals surface area (Å²) in [4.78, 5) is 18.4. The van der Waals surface area contributed by atoms with Crippen LogP contribution < -0.4 is 5.32 Å². The van der Waals surface area contributed by atoms with Gasteiger partial charge in [-0.05, 0) is 43.5 Å². The highest BCUT2D eigenvalue weighted by Crippen LogP contribution is 2.25. The summed E-state index contributed by atoms with van der Waals surface area (Å²) in [6.45, 7) is 4.35. The molecule has 0 fully saturated rings. The number of carbonyl (C=O) groups is 1. The summed E-state index contributed by atoms with van der Waals surface area (Å²) < 4.78 is 3.62. The van der Waals surface area contributed by atoms with Gasteiger partial charge in [-0.1, -0.05) is 24.3 Å². The fourth-order valence-corrected chi connectivity index (χ4v) is 4.41. The summed E-state index contributed by atoms with van der Waals surface area (Å²) in [6.07, 6.45) is 3.28. The van der Waals surface area contributed by atoms with Crippen LogP contribution in [0.15, 0.2) is 66.3 Å². The molecule has 0 unspecified atom stereocenters. The average Bonchev–Trinajstić information content (AvgIpc) is 3.52. The van der Waals surface area contributed by atoms with Gasteiger partial charge < -0.3 is 5.32 Å². The lowest BCUT2D eigenvalue weighted by atomic mass is 10.2. The molecule has 4 heterocycles. The Morgan fingerprint density at radius 2 is 1.94 bits per heavy atom. The van der Waals surface area contributed by atoms with Gasteiger partial charge in [0.2, 0.25) is 0 Å². The van der Waals surface area contributed by atoms with Crippen LogP contribution in [-0.4, -0.2) is 30.3 Å². The zero-order valence-electron chi connectivity index (χ0n) is 17.1. The van der Waals surface area contributed by atoms with E-state index in [0.717, 1.165) is 33.2 Å². The maximum Gasteiger partial charge on any atom is 0.257 e. The van der Waals surface area contributed by atoms with Crippen molar-refractivity contribution in [2.75, 3.05) is 0 Å². The van der Waals surface area contributed by atoms with E-state index in [1.165, 1.54) is 0 Å². The Bertz CT molecular complexity index is 1370. The maximum atomic E-state index is 13.0. The van der Waals surface area contributed by atoms with Crippen molar-refractivity contribution >= 4 is 22.9 Å². The van der Waals surface area contributed by atoms with Gasteiger partial charge in [0.25, 0.3) is 5.91 Å². The first-order chi connectivity index (χ1) is 15.1. The van der Waals surface area contributed by atoms with Crippen molar-refractivity contribution in [2.45, 2.75) is 20.4 Å². The number of carbonyl (C=O) groups excluding carboxylic acids is 1. The minimum atomic E-state index is -0.211. The van der Waals surface area contributed by atoms with Crippen LogP contribution in [0.5, 0.6) is 0 Å². The van der Waals surface area contributed by atoms with Crippen LogP contribution in [0.3, 0.4) is 0 Å². The smallest absolute Gasteiger partial charge is 0.257 e. The van der Waals surface area contributed by atoms with Crippen molar-refractivity contribution in [2.24, 2.45) is 0 Å². The van der Waals surface area contributed by atoms with E-state index >= 15 is 0 Å². The van der Waals surface area contributed by atoms with Crippen LogP contribution in [0, 0.1) is 13.8 Å². The zero-order valence-corrected chi connectivity index (χ0v) is 17.9. The Labute approximate surface area is 183 Å². The molecular formula is C23H20N6OS. The Morgan fingerprint density at radius 1 is 1.10 bits per heavy atom. The van der Waals surface area contributed by atoms with Gasteiger partial charge in [0.05, 0.1) is 28.1 Å². The third kappa shape index (κ3) is 3.40. The van der Waals surface area contributed by atoms with E-state index in [1.807, 2.05) is 72.4 Å². The van der Waals surface area contributed by atoms with Crippen LogP contribution in [0.1, 0.15) is 27.3 Å². The highest BCUT2D eigenvalue weighted by molar-refractivity contribution is 7.13. The lowest BCUT2D eigenvalue weighted by molar-refractivity contribution is 0.0952. The normalized spacial score (nSPS) is 11.2. The monoisotopic (exact) mass is 428 g/mol. The summed E-state index contributed by atoms with van der Waals surface area (Å²) >= 11 is 1.62. The predicted molar refractivity (Wildman–Crippen MR) is 121 cm³/mol. The number of nitrogens with one attached hydrogen (secondary N) is 1. The lowest BCUT2D eigenvalue weighted by Gasteiger charge is -2.07. The highest BCUT2D eigenvalue weighted by atomic mass is 32.1. The predicted octanol–water partition coefficient (Wildman–Crippen LogP) is 4.19. The molecule has 5 aromatic rings. The molecule has 0 atom stereocenters. The average molecular weight is 429 g/mol. The number of hydrogen-bond donors (Lipinski definition) is 1. The van der Waals surface area contributed by atoms with Crippen LogP contribution in [-0.2, 0) is 6.54 Å². The van der Waals surface area contributed by atoms with E-state index in [0.29, 0.717) is 17.8 Å². The van der Waals surface area contributed by atoms with E-state index in [9.17, 15) is 4.79 Å². The van der Waals surface area contributed by atoms with Gasteiger partial charge in [-0.3, -0.25) is 4.79 Å². The number of hydrogen-bond acceptors (Lipinski definition) is 5. The summed E-state index contributed by atoms with van der Waals surface area (Å²) in [5, 5.41) is 14.1. The SMILES string of the molecule is Cc1nn(-c2ccccc2)c(C)c1CNC(=O)c1cnn2c(-c3cccs3)ccnc12. The molecule has 0 saturated heterocycles. The Kier molecular flexibility index (Phi) is 4.83. The van der Waals surface area contributed by atoms with Crippen molar-refractivity contribution in [1.82, 2.24) is 29.7 Å². The molecule has 0 aliphatic carbocycles. The summed E-state index contributed by atoms with van der Waals surface area (Å²) in [6, 6.07) is 15.9. The van der Waals surface area contributed by atoms with E-state index in [-0.39, 0.29) is 5.91 Å². The van der Waals surface area contributed by atoms with Crippen LogP contribution in [0.4, 0.5) is 0 Å². The molecule has 154 valence electrons. The van der Waals surface area contributed by atoms with E-state index in [1.54, 1.807) is 28.2 Å². The van der Waals surface area contributed by atoms with Crippen molar-refractivity contribution in [3.05, 3.63) is 88.8 Å². The molecule has 0 saturated carbocycles. The molecule has 7 nitrogen and oxygen atoms in total. The third-order valence-corrected chi connectivity index (χ3v) is 6.18. The Hall–Kier alpha value is -3.78. The number of fused-ring (bicyclic) bond motifs is 1. The molecule has 0 aliphatic heterocycles. The number of rotatable bonds is 5. The van der Waals surface area contributed by atoms with Crippen molar-refractivity contribution in [3.8, 4) is 16.3 Å². The molecule has 1 aromatic carbocycles. The molecule has 31 heavy (non-hydrogen) atoms. The lowest BCUT2D eigenvalue weighted by Crippen LogP contribution is -2.23. The van der Waals surface area contributed by atoms with Gasteiger partial charge in [-0.15, -0.1) is 11.3 Å². The molecule has 1 amide bonds. The van der Waals surface area contributed by atoms with Gasteiger partial charge in [0, 0.05) is 24.0 Å². The first kappa shape index (κ1) is 19.2. The van der Waals surface area contributed by atoms with Gasteiger partial charge in [-0.2, -0.15) is 10.2 Å². The number of benzene rings is 1. The van der Waals surface area contributed by atoms with Crippen LogP contribution in [0.25, 0.3) is 21.9 Å². The molecule has 0 spiro atoms. The number of thiophene rings is 1. The minimum Gasteiger partial charge on any atom is -0.348 e. The van der Waals surface area contributed by atoms with Gasteiger partial charge >= 0.3 is 0 Å². The molecule has 0 aliphatic rings. The Morgan fingerprint density at radius 3 is 2.71 bits per heavy atom. The fourth-order valence-electron chi connectivity index (χ4n) is 3.68. The van der Waals surface area contributed by atoms with Crippen molar-refractivity contribution in [1.29, 1.82) is 0 Å². The highest BCUT2D eigenvalue weighted by Gasteiger charge is 2.18. The topological polar surface area (TPSA) is 77.1 Å². The number of nitrogens with zero attached hydrogens (tertiary/aromatic N) is 5. The van der Waals surface area contributed by atoms with E-state index in [2.05, 4.69) is 20.5 Å². The van der Waals surface area contributed by atoms with Gasteiger partial charge in [0.1, 0.15) is 5.56 Å². The quantitative estimate of drug-likeness (QED) is 0.455. The van der Waals surface area contributed by atoms with Crippen LogP contribution in [0.2, 0.25) is 0 Å². The standard InChI is InChI=1S/C23H20N6OS/c1-15-18(16(2)28(27-15)17-7-4-3-5-8-17)13-25-23(30)19-14-26-29-20(10-11-24-22(19)29)21-9-6-12-31-21/h3-12,14H,13H2,1-2H3,(H,25,30). The summed E-state index contributed by atoms with van der Waals surface area (Å²) in [5.41, 5.74) is 5.78. The number of para-hydroxylation sites is 1. The molecule has 8 heteroatoms. The molecule has 1 N–H and O–H groups in total. The van der Waals surface area contributed by atoms with E-state index < -0.39 is 0 Å². The summed E-state index contributed by atoms with van der Waals surface area (Å²) in [5.74, 6) is -0.211. The van der Waals surface area contributed by atoms with Gasteiger partial charge in [0.15, 0.2) is 5.65 Å².